The summed E-state index contributed by atoms with van der Waals surface area (Å²) in [6.45, 7) is 23.5. The molecule has 0 spiro atoms. The Balaban J connectivity index is 2.45. The van der Waals surface area contributed by atoms with Gasteiger partial charge in [-0.3, -0.25) is 0 Å². The van der Waals surface area contributed by atoms with E-state index in [1.165, 1.54) is 12.8 Å². The average molecular weight is 355 g/mol. The summed E-state index contributed by atoms with van der Waals surface area (Å²) in [6, 6.07) is 0. The minimum Gasteiger partial charge on any atom is -0.0645 e. The van der Waals surface area contributed by atoms with Crippen LogP contribution in [0.4, 0.5) is 0 Å². The lowest BCUT2D eigenvalue weighted by Crippen LogP contribution is -2.19. The van der Waals surface area contributed by atoms with Crippen LogP contribution in [0, 0.1) is 34.8 Å². The van der Waals surface area contributed by atoms with Crippen molar-refractivity contribution in [3.05, 3.63) is 44.8 Å². The molecule has 0 fully saturated rings. The molecule has 0 aliphatic heterocycles. The van der Waals surface area contributed by atoms with E-state index in [2.05, 4.69) is 81.4 Å². The molecule has 0 amide bonds. The second-order valence-electron chi connectivity index (χ2n) is 9.96. The van der Waals surface area contributed by atoms with E-state index in [0.29, 0.717) is 11.8 Å². The molecular weight excluding hydrogens is 316 g/mol. The third-order valence-electron chi connectivity index (χ3n) is 5.80. The molecule has 2 aliphatic carbocycles. The van der Waals surface area contributed by atoms with E-state index in [0.717, 1.165) is 0 Å². The second kappa shape index (κ2) is 7.06. The largest absolute Gasteiger partial charge is 0.0890 e. The van der Waals surface area contributed by atoms with E-state index < -0.39 is 9.52 Å². The zero-order valence-electron chi connectivity index (χ0n) is 18.3. The fourth-order valence-corrected chi connectivity index (χ4v) is 7.99. The van der Waals surface area contributed by atoms with Gasteiger partial charge in [0.25, 0.3) is 0 Å². The van der Waals surface area contributed by atoms with E-state index in [1.54, 1.807) is 32.7 Å². The van der Waals surface area contributed by atoms with Crippen LogP contribution in [0.25, 0.3) is 0 Å². The Morgan fingerprint density at radius 2 is 1.04 bits per heavy atom. The summed E-state index contributed by atoms with van der Waals surface area (Å²) < 4.78 is 0. The topological polar surface area (TPSA) is 0 Å². The van der Waals surface area contributed by atoms with Crippen LogP contribution in [-0.4, -0.2) is 9.52 Å². The zero-order valence-corrected chi connectivity index (χ0v) is 19.7. The van der Waals surface area contributed by atoms with Gasteiger partial charge in [-0.25, -0.2) is 0 Å². The lowest BCUT2D eigenvalue weighted by atomic mass is 9.83. The Morgan fingerprint density at radius 3 is 1.28 bits per heavy atom. The predicted octanol–water partition coefficient (Wildman–Crippen LogP) is 6.33. The molecule has 0 aromatic carbocycles. The third kappa shape index (κ3) is 3.97. The molecule has 0 aromatic rings. The van der Waals surface area contributed by atoms with Crippen molar-refractivity contribution in [1.82, 2.24) is 0 Å². The maximum absolute atomic E-state index is 3.91. The molecule has 0 aromatic heterocycles. The molecule has 0 N–H and O–H groups in total. The molecule has 1 heteroatoms. The summed E-state index contributed by atoms with van der Waals surface area (Å²) in [5, 5.41) is 3.15. The number of hydrogen-bond donors (Lipinski definition) is 0. The maximum atomic E-state index is 3.91. The van der Waals surface area contributed by atoms with Gasteiger partial charge in [0, 0.05) is 11.8 Å². The molecule has 2 rings (SSSR count). The van der Waals surface area contributed by atoms with Crippen LogP contribution in [0.5, 0.6) is 0 Å². The Hall–Kier alpha value is -0.823. The number of rotatable bonds is 4. The summed E-state index contributed by atoms with van der Waals surface area (Å²) in [7, 11) is -0.541. The Labute approximate surface area is 159 Å². The molecule has 0 saturated carbocycles. The molecule has 0 saturated heterocycles. The van der Waals surface area contributed by atoms with Crippen LogP contribution in [0.3, 0.4) is 0 Å². The third-order valence-corrected chi connectivity index (χ3v) is 7.63. The van der Waals surface area contributed by atoms with Crippen molar-refractivity contribution in [3.8, 4) is 0 Å². The maximum Gasteiger partial charge on any atom is 0.0890 e. The highest BCUT2D eigenvalue weighted by atomic mass is 28.2. The molecule has 0 bridgehead atoms. The average Bonchev–Trinajstić information content (AvgIpc) is 2.94. The SMILES string of the molecule is CCC1[C]=C([SiH2]C2=[C]C(CC)C(C)=C2C(C)(C)C)C(C(C)(C)C)=C1C. The minimum absolute atomic E-state index is 0.216. The summed E-state index contributed by atoms with van der Waals surface area (Å²) in [4.78, 5) is 0. The molecule has 2 atom stereocenters. The first-order valence-electron chi connectivity index (χ1n) is 10.1. The van der Waals surface area contributed by atoms with Gasteiger partial charge in [-0.1, -0.05) is 76.9 Å². The molecular formula is C24H38Si. The monoisotopic (exact) mass is 354 g/mol. The van der Waals surface area contributed by atoms with Gasteiger partial charge < -0.3 is 0 Å². The summed E-state index contributed by atoms with van der Waals surface area (Å²) in [5.74, 6) is 1.06. The van der Waals surface area contributed by atoms with Crippen molar-refractivity contribution in [3.63, 3.8) is 0 Å². The van der Waals surface area contributed by atoms with Gasteiger partial charge in [-0.2, -0.15) is 0 Å². The summed E-state index contributed by atoms with van der Waals surface area (Å²) in [5.41, 5.74) is 6.78. The smallest absolute Gasteiger partial charge is 0.0645 e. The van der Waals surface area contributed by atoms with Crippen molar-refractivity contribution >= 4 is 9.52 Å². The lowest BCUT2D eigenvalue weighted by Gasteiger charge is -2.28. The first-order valence-corrected chi connectivity index (χ1v) is 11.5. The van der Waals surface area contributed by atoms with E-state index in [4.69, 9.17) is 0 Å². The van der Waals surface area contributed by atoms with Gasteiger partial charge in [0.15, 0.2) is 0 Å². The summed E-state index contributed by atoms with van der Waals surface area (Å²) >= 11 is 0. The van der Waals surface area contributed by atoms with Crippen LogP contribution in [-0.2, 0) is 0 Å². The minimum atomic E-state index is -0.541. The molecule has 2 radical (unpaired) electrons. The van der Waals surface area contributed by atoms with Crippen molar-refractivity contribution in [2.75, 3.05) is 0 Å². The van der Waals surface area contributed by atoms with Crippen LogP contribution >= 0.6 is 0 Å². The highest BCUT2D eigenvalue weighted by Gasteiger charge is 2.35. The van der Waals surface area contributed by atoms with E-state index in [9.17, 15) is 0 Å². The second-order valence-corrected chi connectivity index (χ2v) is 11.7. The quantitative estimate of drug-likeness (QED) is 0.517. The van der Waals surface area contributed by atoms with Crippen LogP contribution < -0.4 is 0 Å². The number of allylic oxidation sites excluding steroid dienone is 8. The Morgan fingerprint density at radius 1 is 0.720 bits per heavy atom. The lowest BCUT2D eigenvalue weighted by molar-refractivity contribution is 0.506. The van der Waals surface area contributed by atoms with E-state index in [-0.39, 0.29) is 10.8 Å². The molecule has 2 unspecified atom stereocenters. The van der Waals surface area contributed by atoms with E-state index >= 15 is 0 Å². The van der Waals surface area contributed by atoms with Crippen LogP contribution in [0.2, 0.25) is 0 Å². The van der Waals surface area contributed by atoms with E-state index in [1.807, 2.05) is 0 Å². The molecule has 0 nitrogen and oxygen atoms in total. The van der Waals surface area contributed by atoms with Crippen LogP contribution in [0.15, 0.2) is 32.7 Å². The standard InChI is InChI=1S/C24H38Si/c1-11-17-13-19(21(15(17)3)23(5,6)7)25-20-14-18(12-2)16(4)22(20)24(8,9)10/h17-18H,11-12,25H2,1-10H3. The van der Waals surface area contributed by atoms with Gasteiger partial charge in [-0.15, -0.1) is 0 Å². The highest BCUT2D eigenvalue weighted by molar-refractivity contribution is 6.56. The molecule has 0 heterocycles. The normalized spacial score (nSPS) is 25.5. The summed E-state index contributed by atoms with van der Waals surface area (Å²) in [6.07, 6.45) is 10.2. The van der Waals surface area contributed by atoms with Gasteiger partial charge in [0.1, 0.15) is 0 Å². The molecule has 25 heavy (non-hydrogen) atoms. The van der Waals surface area contributed by atoms with Gasteiger partial charge in [-0.05, 0) is 60.8 Å². The van der Waals surface area contributed by atoms with Crippen molar-refractivity contribution < 1.29 is 0 Å². The number of hydrogen-bond acceptors (Lipinski definition) is 0. The first kappa shape index (κ1) is 20.5. The fraction of sp³-hybridized carbons (Fsp3) is 0.667. The molecule has 2 aliphatic rings. The fourth-order valence-electron chi connectivity index (χ4n) is 4.97. The first-order chi connectivity index (χ1) is 11.4. The Kier molecular flexibility index (Phi) is 5.79. The van der Waals surface area contributed by atoms with Gasteiger partial charge in [0.2, 0.25) is 0 Å². The Bertz CT molecular complexity index is 595. The van der Waals surface area contributed by atoms with Crippen LogP contribution in [0.1, 0.15) is 82.1 Å². The van der Waals surface area contributed by atoms with Gasteiger partial charge >= 0.3 is 0 Å². The molecule has 138 valence electrons. The predicted molar refractivity (Wildman–Crippen MR) is 114 cm³/mol. The zero-order chi connectivity index (χ0) is 19.2. The van der Waals surface area contributed by atoms with Crippen molar-refractivity contribution in [2.24, 2.45) is 22.7 Å². The highest BCUT2D eigenvalue weighted by Crippen LogP contribution is 2.46. The van der Waals surface area contributed by atoms with Crippen molar-refractivity contribution in [1.29, 1.82) is 0 Å². The van der Waals surface area contributed by atoms with Gasteiger partial charge in [0.05, 0.1) is 9.52 Å². The van der Waals surface area contributed by atoms with Crippen molar-refractivity contribution in [2.45, 2.75) is 82.1 Å².